The van der Waals surface area contributed by atoms with Crippen LogP contribution in [0.4, 0.5) is 5.69 Å². The van der Waals surface area contributed by atoms with Crippen molar-refractivity contribution in [3.63, 3.8) is 0 Å². The number of hydrogen-bond donors (Lipinski definition) is 2. The Morgan fingerprint density at radius 3 is 2.78 bits per heavy atom. The summed E-state index contributed by atoms with van der Waals surface area (Å²) in [6.45, 7) is 1.45. The van der Waals surface area contributed by atoms with Crippen LogP contribution in [-0.4, -0.2) is 32.3 Å². The van der Waals surface area contributed by atoms with Crippen LogP contribution in [0.3, 0.4) is 0 Å². The van der Waals surface area contributed by atoms with Gasteiger partial charge in [-0.1, -0.05) is 11.6 Å². The fourth-order valence-electron chi connectivity index (χ4n) is 1.97. The lowest BCUT2D eigenvalue weighted by atomic mass is 9.99. The largest absolute Gasteiger partial charge is 0.383 e. The molecule has 0 saturated carbocycles. The van der Waals surface area contributed by atoms with Crippen molar-refractivity contribution in [2.24, 2.45) is 7.05 Å². The molecule has 122 valence electrons. The maximum atomic E-state index is 12.1. The number of carbonyl (C=O) groups excluding carboxylic acids is 1. The van der Waals surface area contributed by atoms with Gasteiger partial charge in [0.15, 0.2) is 0 Å². The summed E-state index contributed by atoms with van der Waals surface area (Å²) in [6, 6.07) is 3.60. The molecule has 0 aliphatic heterocycles. The Labute approximate surface area is 136 Å². The highest BCUT2D eigenvalue weighted by atomic mass is 35.5. The van der Waals surface area contributed by atoms with E-state index >= 15 is 0 Å². The fraction of sp³-hybridized carbons (Fsp3) is 0.286. The number of rotatable bonds is 5. The van der Waals surface area contributed by atoms with Gasteiger partial charge < -0.3 is 10.4 Å². The summed E-state index contributed by atoms with van der Waals surface area (Å²) in [5.74, 6) is -0.570. The zero-order valence-electron chi connectivity index (χ0n) is 12.5. The van der Waals surface area contributed by atoms with Gasteiger partial charge >= 0.3 is 0 Å². The van der Waals surface area contributed by atoms with E-state index in [1.54, 1.807) is 13.2 Å². The molecule has 1 unspecified atom stereocenters. The number of benzene rings is 1. The zero-order valence-corrected chi connectivity index (χ0v) is 13.2. The summed E-state index contributed by atoms with van der Waals surface area (Å²) in [7, 11) is 1.71. The summed E-state index contributed by atoms with van der Waals surface area (Å²) in [4.78, 5) is 22.3. The molecule has 0 radical (unpaired) electrons. The first-order valence-corrected chi connectivity index (χ1v) is 7.01. The molecule has 23 heavy (non-hydrogen) atoms. The second-order valence-corrected chi connectivity index (χ2v) is 5.75. The number of carbonyl (C=O) groups is 1. The maximum Gasteiger partial charge on any atom is 0.271 e. The monoisotopic (exact) mass is 338 g/mol. The molecule has 2 rings (SSSR count). The Morgan fingerprint density at radius 1 is 1.52 bits per heavy atom. The number of nitrogens with one attached hydrogen (secondary N) is 1. The van der Waals surface area contributed by atoms with E-state index in [1.807, 2.05) is 0 Å². The van der Waals surface area contributed by atoms with E-state index in [0.29, 0.717) is 5.56 Å². The van der Waals surface area contributed by atoms with Gasteiger partial charge in [0.05, 0.1) is 17.7 Å². The standard InChI is InChI=1S/C14H15ClN4O4/c1-14(21,10-6-17-18(2)7-10)8-16-13(20)9-3-11(15)5-12(4-9)19(22)23/h3-7,21H,8H2,1-2H3,(H,16,20). The van der Waals surface area contributed by atoms with Crippen LogP contribution in [0, 0.1) is 10.1 Å². The first kappa shape index (κ1) is 16.9. The lowest BCUT2D eigenvalue weighted by molar-refractivity contribution is -0.384. The number of aryl methyl sites for hydroxylation is 1. The third-order valence-electron chi connectivity index (χ3n) is 3.28. The molecule has 0 bridgehead atoms. The van der Waals surface area contributed by atoms with Crippen molar-refractivity contribution >= 4 is 23.2 Å². The van der Waals surface area contributed by atoms with Gasteiger partial charge in [-0.25, -0.2) is 0 Å². The van der Waals surface area contributed by atoms with E-state index in [9.17, 15) is 20.0 Å². The van der Waals surface area contributed by atoms with E-state index < -0.39 is 16.4 Å². The first-order valence-electron chi connectivity index (χ1n) is 6.64. The van der Waals surface area contributed by atoms with Gasteiger partial charge in [-0.2, -0.15) is 5.10 Å². The maximum absolute atomic E-state index is 12.1. The van der Waals surface area contributed by atoms with E-state index in [1.165, 1.54) is 23.9 Å². The molecular formula is C14H15ClN4O4. The molecular weight excluding hydrogens is 324 g/mol. The highest BCUT2D eigenvalue weighted by molar-refractivity contribution is 6.31. The number of hydrogen-bond acceptors (Lipinski definition) is 5. The number of aromatic nitrogens is 2. The quantitative estimate of drug-likeness (QED) is 0.635. The topological polar surface area (TPSA) is 110 Å². The van der Waals surface area contributed by atoms with Gasteiger partial charge in [0.2, 0.25) is 0 Å². The molecule has 9 heteroatoms. The zero-order chi connectivity index (χ0) is 17.2. The fourth-order valence-corrected chi connectivity index (χ4v) is 2.20. The Morgan fingerprint density at radius 2 is 2.22 bits per heavy atom. The van der Waals surface area contributed by atoms with Crippen LogP contribution in [0.2, 0.25) is 5.02 Å². The first-order chi connectivity index (χ1) is 10.7. The van der Waals surface area contributed by atoms with E-state index in [2.05, 4.69) is 10.4 Å². The number of amides is 1. The third kappa shape index (κ3) is 4.05. The predicted molar refractivity (Wildman–Crippen MR) is 83.2 cm³/mol. The predicted octanol–water partition coefficient (Wildman–Crippen LogP) is 1.62. The van der Waals surface area contributed by atoms with Crippen molar-refractivity contribution in [1.82, 2.24) is 15.1 Å². The van der Waals surface area contributed by atoms with Crippen molar-refractivity contribution in [2.45, 2.75) is 12.5 Å². The number of non-ortho nitro benzene ring substituents is 1. The molecule has 0 aliphatic carbocycles. The van der Waals surface area contributed by atoms with Crippen molar-refractivity contribution < 1.29 is 14.8 Å². The smallest absolute Gasteiger partial charge is 0.271 e. The average molecular weight is 339 g/mol. The van der Waals surface area contributed by atoms with Crippen molar-refractivity contribution in [3.8, 4) is 0 Å². The number of nitro benzene ring substituents is 1. The molecule has 1 atom stereocenters. The second-order valence-electron chi connectivity index (χ2n) is 5.31. The molecule has 0 aliphatic rings. The molecule has 8 nitrogen and oxygen atoms in total. The highest BCUT2D eigenvalue weighted by Gasteiger charge is 2.26. The van der Waals surface area contributed by atoms with Crippen LogP contribution in [0.25, 0.3) is 0 Å². The normalized spacial score (nSPS) is 13.4. The summed E-state index contributed by atoms with van der Waals surface area (Å²) in [5, 5.41) is 27.8. The Kier molecular flexibility index (Phi) is 4.67. The lowest BCUT2D eigenvalue weighted by Crippen LogP contribution is -2.38. The Balaban J connectivity index is 2.12. The minimum Gasteiger partial charge on any atom is -0.383 e. The summed E-state index contributed by atoms with van der Waals surface area (Å²) >= 11 is 5.78. The highest BCUT2D eigenvalue weighted by Crippen LogP contribution is 2.22. The van der Waals surface area contributed by atoms with Gasteiger partial charge in [0, 0.05) is 41.5 Å². The van der Waals surface area contributed by atoms with Crippen LogP contribution < -0.4 is 5.32 Å². The van der Waals surface area contributed by atoms with Crippen LogP contribution in [0.5, 0.6) is 0 Å². The van der Waals surface area contributed by atoms with E-state index in [-0.39, 0.29) is 22.8 Å². The Bertz CT molecular complexity index is 757. The van der Waals surface area contributed by atoms with Crippen LogP contribution in [0.15, 0.2) is 30.6 Å². The molecule has 1 aromatic heterocycles. The van der Waals surface area contributed by atoms with E-state index in [0.717, 1.165) is 12.1 Å². The minimum absolute atomic E-state index is 0.0474. The molecule has 2 N–H and O–H groups in total. The van der Waals surface area contributed by atoms with Gasteiger partial charge in [-0.3, -0.25) is 19.6 Å². The van der Waals surface area contributed by atoms with Gasteiger partial charge in [-0.15, -0.1) is 0 Å². The molecule has 0 spiro atoms. The van der Waals surface area contributed by atoms with Gasteiger partial charge in [0.1, 0.15) is 5.60 Å². The Hall–Kier alpha value is -2.45. The number of nitrogens with zero attached hydrogens (tertiary/aromatic N) is 3. The van der Waals surface area contributed by atoms with Crippen LogP contribution in [0.1, 0.15) is 22.8 Å². The van der Waals surface area contributed by atoms with Crippen LogP contribution >= 0.6 is 11.6 Å². The summed E-state index contributed by atoms with van der Waals surface area (Å²) in [5.41, 5.74) is -1.01. The molecule has 0 fully saturated rings. The number of aliphatic hydroxyl groups is 1. The van der Waals surface area contributed by atoms with Crippen LogP contribution in [-0.2, 0) is 12.6 Å². The van der Waals surface area contributed by atoms with Gasteiger partial charge in [-0.05, 0) is 13.0 Å². The summed E-state index contributed by atoms with van der Waals surface area (Å²) in [6.07, 6.45) is 3.13. The second kappa shape index (κ2) is 6.35. The van der Waals surface area contributed by atoms with Crippen molar-refractivity contribution in [2.75, 3.05) is 6.54 Å². The van der Waals surface area contributed by atoms with E-state index in [4.69, 9.17) is 11.6 Å². The number of halogens is 1. The molecule has 1 heterocycles. The third-order valence-corrected chi connectivity index (χ3v) is 3.49. The molecule has 0 saturated heterocycles. The van der Waals surface area contributed by atoms with Gasteiger partial charge in [0.25, 0.3) is 11.6 Å². The van der Waals surface area contributed by atoms with Crippen molar-refractivity contribution in [1.29, 1.82) is 0 Å². The minimum atomic E-state index is -1.32. The number of nitro groups is 1. The molecule has 1 amide bonds. The summed E-state index contributed by atoms with van der Waals surface area (Å²) < 4.78 is 1.53. The SMILES string of the molecule is Cn1cc(C(C)(O)CNC(=O)c2cc(Cl)cc([N+](=O)[O-])c2)cn1. The lowest BCUT2D eigenvalue weighted by Gasteiger charge is -2.22. The van der Waals surface area contributed by atoms with Crippen molar-refractivity contribution in [3.05, 3.63) is 56.9 Å². The molecule has 1 aromatic carbocycles. The average Bonchev–Trinajstić information content (AvgIpc) is 2.91. The molecule has 2 aromatic rings.